The number of carbonyl (C=O) groups excluding carboxylic acids is 1. The van der Waals surface area contributed by atoms with Crippen LogP contribution in [-0.2, 0) is 6.54 Å². The van der Waals surface area contributed by atoms with Crippen LogP contribution in [0.2, 0.25) is 0 Å². The van der Waals surface area contributed by atoms with E-state index < -0.39 is 6.61 Å². The lowest BCUT2D eigenvalue weighted by atomic mass is 10.2. The van der Waals surface area contributed by atoms with Gasteiger partial charge in [-0.1, -0.05) is 11.3 Å². The number of amides is 1. The number of aromatic nitrogens is 3. The van der Waals surface area contributed by atoms with Gasteiger partial charge < -0.3 is 4.74 Å². The zero-order chi connectivity index (χ0) is 17.3. The van der Waals surface area contributed by atoms with E-state index in [0.29, 0.717) is 27.5 Å². The van der Waals surface area contributed by atoms with Crippen LogP contribution in [0.4, 0.5) is 13.9 Å². The van der Waals surface area contributed by atoms with E-state index in [2.05, 4.69) is 20.1 Å². The van der Waals surface area contributed by atoms with Gasteiger partial charge in [0.2, 0.25) is 0 Å². The summed E-state index contributed by atoms with van der Waals surface area (Å²) in [7, 11) is 0. The number of fused-ring (bicyclic) bond motifs is 1. The molecule has 0 saturated heterocycles. The summed E-state index contributed by atoms with van der Waals surface area (Å²) in [5.74, 6) is -0.255. The molecule has 0 bridgehead atoms. The molecule has 2 aromatic heterocycles. The average molecular weight is 352 g/mol. The van der Waals surface area contributed by atoms with Gasteiger partial charge in [0.15, 0.2) is 5.13 Å². The summed E-state index contributed by atoms with van der Waals surface area (Å²) in [5.41, 5.74) is 1.83. The van der Waals surface area contributed by atoms with Gasteiger partial charge in [0, 0.05) is 12.2 Å². The fourth-order valence-electron chi connectivity index (χ4n) is 2.29. The van der Waals surface area contributed by atoms with Crippen LogP contribution in [0.3, 0.4) is 0 Å². The molecule has 0 aliphatic rings. The van der Waals surface area contributed by atoms with E-state index in [0.717, 1.165) is 5.69 Å². The van der Waals surface area contributed by atoms with Crippen LogP contribution in [0, 0.1) is 6.92 Å². The lowest BCUT2D eigenvalue weighted by Gasteiger charge is -2.02. The van der Waals surface area contributed by atoms with E-state index in [4.69, 9.17) is 0 Å². The highest BCUT2D eigenvalue weighted by Gasteiger charge is 2.16. The van der Waals surface area contributed by atoms with E-state index in [1.54, 1.807) is 10.7 Å². The third kappa shape index (κ3) is 3.21. The minimum atomic E-state index is -2.88. The molecule has 1 N–H and O–H groups in total. The molecule has 1 aromatic carbocycles. The predicted molar refractivity (Wildman–Crippen MR) is 86.8 cm³/mol. The largest absolute Gasteiger partial charge is 0.435 e. The van der Waals surface area contributed by atoms with Crippen molar-refractivity contribution >= 4 is 32.6 Å². The maximum absolute atomic E-state index is 12.3. The first kappa shape index (κ1) is 16.3. The number of nitrogens with zero attached hydrogens (tertiary/aromatic N) is 3. The molecule has 3 aromatic rings. The maximum atomic E-state index is 12.3. The van der Waals surface area contributed by atoms with Gasteiger partial charge in [-0.2, -0.15) is 13.9 Å². The van der Waals surface area contributed by atoms with Crippen LogP contribution in [0.25, 0.3) is 10.2 Å². The van der Waals surface area contributed by atoms with Crippen molar-refractivity contribution < 1.29 is 18.3 Å². The van der Waals surface area contributed by atoms with E-state index >= 15 is 0 Å². The number of nitrogens with one attached hydrogen (secondary N) is 1. The molecule has 0 atom stereocenters. The number of rotatable bonds is 5. The Morgan fingerprint density at radius 3 is 2.92 bits per heavy atom. The van der Waals surface area contributed by atoms with Crippen molar-refractivity contribution in [1.82, 2.24) is 14.8 Å². The molecule has 0 aliphatic carbocycles. The van der Waals surface area contributed by atoms with Crippen LogP contribution in [0.5, 0.6) is 5.75 Å². The number of thiazole rings is 1. The Morgan fingerprint density at radius 1 is 1.46 bits per heavy atom. The quantitative estimate of drug-likeness (QED) is 0.761. The summed E-state index contributed by atoms with van der Waals surface area (Å²) in [4.78, 5) is 16.6. The molecule has 24 heavy (non-hydrogen) atoms. The van der Waals surface area contributed by atoms with Crippen molar-refractivity contribution in [2.75, 3.05) is 5.32 Å². The molecule has 0 unspecified atom stereocenters. The first-order chi connectivity index (χ1) is 11.5. The van der Waals surface area contributed by atoms with E-state index in [9.17, 15) is 13.6 Å². The Morgan fingerprint density at radius 2 is 2.25 bits per heavy atom. The fraction of sp³-hybridized carbons (Fsp3) is 0.267. The smallest absolute Gasteiger partial charge is 0.387 e. The van der Waals surface area contributed by atoms with Gasteiger partial charge in [0.05, 0.1) is 22.0 Å². The first-order valence-electron chi connectivity index (χ1n) is 7.17. The van der Waals surface area contributed by atoms with Crippen molar-refractivity contribution in [2.45, 2.75) is 27.0 Å². The van der Waals surface area contributed by atoms with Crippen LogP contribution in [0.1, 0.15) is 23.0 Å². The number of carbonyl (C=O) groups is 1. The van der Waals surface area contributed by atoms with Crippen molar-refractivity contribution in [3.63, 3.8) is 0 Å². The standard InChI is InChI=1S/C15H14F2N4O2S/c1-3-21-8(2)10(7-18-21)13(22)20-15-19-11-5-4-9(23-14(16)17)6-12(11)24-15/h4-7,14H,3H2,1-2H3,(H,19,20,22). The second-order valence-corrected chi connectivity index (χ2v) is 5.97. The highest BCUT2D eigenvalue weighted by atomic mass is 32.1. The number of aryl methyl sites for hydroxylation is 1. The molecule has 0 saturated carbocycles. The summed E-state index contributed by atoms with van der Waals surface area (Å²) in [6.07, 6.45) is 1.51. The van der Waals surface area contributed by atoms with E-state index in [-0.39, 0.29) is 11.7 Å². The zero-order valence-corrected chi connectivity index (χ0v) is 13.7. The lowest BCUT2D eigenvalue weighted by molar-refractivity contribution is -0.0497. The fourth-order valence-corrected chi connectivity index (χ4v) is 3.18. The Hall–Kier alpha value is -2.55. The Labute approximate surface area is 140 Å². The number of hydrogen-bond donors (Lipinski definition) is 1. The van der Waals surface area contributed by atoms with Gasteiger partial charge in [-0.25, -0.2) is 4.98 Å². The van der Waals surface area contributed by atoms with Crippen LogP contribution in [-0.4, -0.2) is 27.3 Å². The molecule has 0 radical (unpaired) electrons. The van der Waals surface area contributed by atoms with Crippen molar-refractivity contribution in [1.29, 1.82) is 0 Å². The van der Waals surface area contributed by atoms with Crippen molar-refractivity contribution in [2.24, 2.45) is 0 Å². The highest BCUT2D eigenvalue weighted by Crippen LogP contribution is 2.30. The van der Waals surface area contributed by atoms with Gasteiger partial charge >= 0.3 is 6.61 Å². The molecule has 2 heterocycles. The number of anilines is 1. The molecule has 0 fully saturated rings. The molecule has 126 valence electrons. The molecule has 1 amide bonds. The van der Waals surface area contributed by atoms with Gasteiger partial charge in [0.25, 0.3) is 5.91 Å². The van der Waals surface area contributed by atoms with Gasteiger partial charge in [-0.15, -0.1) is 0 Å². The molecular weight excluding hydrogens is 338 g/mol. The predicted octanol–water partition coefficient (Wildman–Crippen LogP) is 3.67. The van der Waals surface area contributed by atoms with Crippen molar-refractivity contribution in [3.8, 4) is 5.75 Å². The van der Waals surface area contributed by atoms with Crippen LogP contribution < -0.4 is 10.1 Å². The Bertz CT molecular complexity index is 891. The average Bonchev–Trinajstić information content (AvgIpc) is 3.08. The summed E-state index contributed by atoms with van der Waals surface area (Å²) in [6, 6.07) is 4.45. The second kappa shape index (κ2) is 6.52. The second-order valence-electron chi connectivity index (χ2n) is 4.94. The van der Waals surface area contributed by atoms with Crippen LogP contribution in [0.15, 0.2) is 24.4 Å². The topological polar surface area (TPSA) is 69.0 Å². The maximum Gasteiger partial charge on any atom is 0.387 e. The Balaban J connectivity index is 1.81. The molecule has 3 rings (SSSR count). The minimum absolute atomic E-state index is 0.0547. The van der Waals surface area contributed by atoms with Crippen molar-refractivity contribution in [3.05, 3.63) is 35.7 Å². The van der Waals surface area contributed by atoms with E-state index in [1.165, 1.54) is 29.7 Å². The number of alkyl halides is 2. The number of hydrogen-bond acceptors (Lipinski definition) is 5. The van der Waals surface area contributed by atoms with Gasteiger partial charge in [-0.3, -0.25) is 14.8 Å². The molecule has 9 heteroatoms. The molecule has 0 aliphatic heterocycles. The monoisotopic (exact) mass is 352 g/mol. The summed E-state index contributed by atoms with van der Waals surface area (Å²) < 4.78 is 31.2. The SMILES string of the molecule is CCn1ncc(C(=O)Nc2nc3ccc(OC(F)F)cc3s2)c1C. The third-order valence-corrected chi connectivity index (χ3v) is 4.39. The minimum Gasteiger partial charge on any atom is -0.435 e. The number of ether oxygens (including phenoxy) is 1. The molecular formula is C15H14F2N4O2S. The number of halogens is 2. The molecule has 0 spiro atoms. The zero-order valence-electron chi connectivity index (χ0n) is 12.9. The van der Waals surface area contributed by atoms with E-state index in [1.807, 2.05) is 13.8 Å². The molecule has 6 nitrogen and oxygen atoms in total. The first-order valence-corrected chi connectivity index (χ1v) is 7.98. The van der Waals surface area contributed by atoms with Crippen LogP contribution >= 0.6 is 11.3 Å². The normalized spacial score (nSPS) is 11.2. The third-order valence-electron chi connectivity index (χ3n) is 3.45. The highest BCUT2D eigenvalue weighted by molar-refractivity contribution is 7.22. The number of benzene rings is 1. The Kier molecular flexibility index (Phi) is 4.43. The van der Waals surface area contributed by atoms with Gasteiger partial charge in [-0.05, 0) is 32.0 Å². The lowest BCUT2D eigenvalue weighted by Crippen LogP contribution is -2.13. The summed E-state index contributed by atoms with van der Waals surface area (Å²) in [6.45, 7) is 1.55. The van der Waals surface area contributed by atoms with Gasteiger partial charge in [0.1, 0.15) is 5.75 Å². The summed E-state index contributed by atoms with van der Waals surface area (Å²) in [5, 5.41) is 7.22. The summed E-state index contributed by atoms with van der Waals surface area (Å²) >= 11 is 1.18.